The maximum Gasteiger partial charge on any atom is 0.444 e. The molecule has 31 heavy (non-hydrogen) atoms. The highest BCUT2D eigenvalue weighted by Gasteiger charge is 2.42. The van der Waals surface area contributed by atoms with Crippen molar-refractivity contribution >= 4 is 34.2 Å². The maximum absolute atomic E-state index is 13.5. The van der Waals surface area contributed by atoms with Gasteiger partial charge in [-0.15, -0.1) is 11.3 Å². The molecule has 1 N–H and O–H groups in total. The minimum absolute atomic E-state index is 0.109. The van der Waals surface area contributed by atoms with Gasteiger partial charge in [0.2, 0.25) is 0 Å². The van der Waals surface area contributed by atoms with Crippen LogP contribution in [0.2, 0.25) is 0 Å². The van der Waals surface area contributed by atoms with Crippen LogP contribution in [0, 0.1) is 25.2 Å². The van der Waals surface area contributed by atoms with Crippen molar-refractivity contribution in [3.8, 4) is 23.1 Å². The molecule has 0 spiro atoms. The van der Waals surface area contributed by atoms with Gasteiger partial charge in [-0.05, 0) is 43.2 Å². The van der Waals surface area contributed by atoms with E-state index in [1.54, 1.807) is 6.07 Å². The van der Waals surface area contributed by atoms with Crippen LogP contribution >= 0.6 is 22.9 Å². The Hall–Kier alpha value is -3.02. The van der Waals surface area contributed by atoms with E-state index in [-0.39, 0.29) is 17.0 Å². The second kappa shape index (κ2) is 9.41. The van der Waals surface area contributed by atoms with Crippen molar-refractivity contribution in [1.82, 2.24) is 4.98 Å². The SMILES string of the molecule is Cc1ccc(-c2csc(/C(C#N)=C/Nc3ccccc3OC(F)(F)[C@H](F)Cl)n2)cc1C. The van der Waals surface area contributed by atoms with Gasteiger partial charge < -0.3 is 10.1 Å². The van der Waals surface area contributed by atoms with Gasteiger partial charge in [0, 0.05) is 17.1 Å². The Morgan fingerprint density at radius 1 is 1.26 bits per heavy atom. The fourth-order valence-electron chi connectivity index (χ4n) is 2.59. The molecule has 0 bridgehead atoms. The third-order valence-electron chi connectivity index (χ3n) is 4.42. The Balaban J connectivity index is 1.84. The van der Waals surface area contributed by atoms with E-state index in [9.17, 15) is 18.4 Å². The van der Waals surface area contributed by atoms with Crippen LogP contribution < -0.4 is 10.1 Å². The highest BCUT2D eigenvalue weighted by molar-refractivity contribution is 7.11. The summed E-state index contributed by atoms with van der Waals surface area (Å²) in [5.74, 6) is -0.320. The van der Waals surface area contributed by atoms with Gasteiger partial charge in [0.1, 0.15) is 22.4 Å². The predicted molar refractivity (Wildman–Crippen MR) is 117 cm³/mol. The van der Waals surface area contributed by atoms with E-state index in [2.05, 4.69) is 15.0 Å². The first-order valence-electron chi connectivity index (χ1n) is 9.05. The predicted octanol–water partition coefficient (Wildman–Crippen LogP) is 6.91. The van der Waals surface area contributed by atoms with E-state index >= 15 is 0 Å². The van der Waals surface area contributed by atoms with Crippen molar-refractivity contribution in [1.29, 1.82) is 5.26 Å². The maximum atomic E-state index is 13.5. The van der Waals surface area contributed by atoms with E-state index < -0.39 is 11.7 Å². The normalized spacial score (nSPS) is 12.9. The molecule has 9 heteroatoms. The smallest absolute Gasteiger partial charge is 0.427 e. The number of alkyl halides is 4. The highest BCUT2D eigenvalue weighted by Crippen LogP contribution is 2.34. The Kier molecular flexibility index (Phi) is 6.88. The summed E-state index contributed by atoms with van der Waals surface area (Å²) in [5, 5.41) is 14.6. The molecular formula is C22H17ClF3N3OS. The Morgan fingerprint density at radius 2 is 2.00 bits per heavy atom. The first kappa shape index (κ1) is 22.7. The van der Waals surface area contributed by atoms with Gasteiger partial charge in [0.05, 0.1) is 11.4 Å². The lowest BCUT2D eigenvalue weighted by Crippen LogP contribution is -2.33. The molecule has 1 heterocycles. The van der Waals surface area contributed by atoms with Crippen molar-refractivity contribution in [3.63, 3.8) is 0 Å². The van der Waals surface area contributed by atoms with E-state index in [0.29, 0.717) is 5.01 Å². The molecule has 0 saturated heterocycles. The molecule has 0 radical (unpaired) electrons. The number of nitrogens with one attached hydrogen (secondary N) is 1. The molecule has 1 atom stereocenters. The molecule has 3 aromatic rings. The molecule has 2 aromatic carbocycles. The lowest BCUT2D eigenvalue weighted by atomic mass is 10.1. The van der Waals surface area contributed by atoms with Crippen LogP contribution in [0.4, 0.5) is 18.9 Å². The number of aromatic nitrogens is 1. The van der Waals surface area contributed by atoms with Crippen molar-refractivity contribution in [2.24, 2.45) is 0 Å². The van der Waals surface area contributed by atoms with Crippen LogP contribution in [0.15, 0.2) is 54.0 Å². The Labute approximate surface area is 186 Å². The first-order valence-corrected chi connectivity index (χ1v) is 10.4. The molecule has 0 aliphatic heterocycles. The number of para-hydroxylation sites is 2. The van der Waals surface area contributed by atoms with Gasteiger partial charge in [0.25, 0.3) is 5.63 Å². The number of nitriles is 1. The van der Waals surface area contributed by atoms with E-state index in [1.807, 2.05) is 43.5 Å². The van der Waals surface area contributed by atoms with Crippen molar-refractivity contribution in [3.05, 3.63) is 70.2 Å². The largest absolute Gasteiger partial charge is 0.444 e. The standard InChI is InChI=1S/C22H17ClF3N3OS/c1-13-7-8-15(9-14(13)2)18-12-31-20(29-18)16(10-27)11-28-17-5-3-4-6-19(17)30-22(25,26)21(23)24/h3-9,11-12,21,28H,1-2H3/b16-11+/t21-/m0/s1. The number of benzene rings is 2. The Bertz CT molecular complexity index is 1150. The average molecular weight is 464 g/mol. The molecule has 0 aliphatic rings. The lowest BCUT2D eigenvalue weighted by Gasteiger charge is -2.19. The molecular weight excluding hydrogens is 447 g/mol. The lowest BCUT2D eigenvalue weighted by molar-refractivity contribution is -0.198. The summed E-state index contributed by atoms with van der Waals surface area (Å²) >= 11 is 6.13. The molecule has 3 rings (SSSR count). The molecule has 0 aliphatic carbocycles. The van der Waals surface area contributed by atoms with Crippen LogP contribution in [0.5, 0.6) is 5.75 Å². The summed E-state index contributed by atoms with van der Waals surface area (Å²) in [7, 11) is 0. The number of aryl methyl sites for hydroxylation is 2. The Morgan fingerprint density at radius 3 is 2.68 bits per heavy atom. The number of ether oxygens (including phenoxy) is 1. The van der Waals surface area contributed by atoms with Crippen LogP contribution in [-0.4, -0.2) is 16.7 Å². The van der Waals surface area contributed by atoms with Crippen molar-refractivity contribution in [2.45, 2.75) is 25.6 Å². The number of hydrogen-bond donors (Lipinski definition) is 1. The minimum Gasteiger partial charge on any atom is -0.427 e. The monoisotopic (exact) mass is 463 g/mol. The van der Waals surface area contributed by atoms with Crippen molar-refractivity contribution in [2.75, 3.05) is 5.32 Å². The van der Waals surface area contributed by atoms with Gasteiger partial charge in [-0.2, -0.15) is 14.0 Å². The highest BCUT2D eigenvalue weighted by atomic mass is 35.5. The zero-order valence-electron chi connectivity index (χ0n) is 16.5. The van der Waals surface area contributed by atoms with E-state index in [4.69, 9.17) is 11.6 Å². The van der Waals surface area contributed by atoms with Gasteiger partial charge in [-0.1, -0.05) is 35.9 Å². The summed E-state index contributed by atoms with van der Waals surface area (Å²) in [6.45, 7) is 4.03. The number of nitrogens with zero attached hydrogens (tertiary/aromatic N) is 2. The van der Waals surface area contributed by atoms with Crippen LogP contribution in [0.25, 0.3) is 16.8 Å². The van der Waals surface area contributed by atoms with Gasteiger partial charge >= 0.3 is 6.11 Å². The zero-order valence-corrected chi connectivity index (χ0v) is 18.1. The van der Waals surface area contributed by atoms with Crippen LogP contribution in [0.3, 0.4) is 0 Å². The molecule has 4 nitrogen and oxygen atoms in total. The fraction of sp³-hybridized carbons (Fsp3) is 0.182. The number of hydrogen-bond acceptors (Lipinski definition) is 5. The number of anilines is 1. The number of rotatable bonds is 7. The molecule has 160 valence electrons. The van der Waals surface area contributed by atoms with Gasteiger partial charge in [-0.3, -0.25) is 0 Å². The zero-order chi connectivity index (χ0) is 22.6. The number of allylic oxidation sites excluding steroid dienone is 1. The summed E-state index contributed by atoms with van der Waals surface area (Å²) in [6, 6.07) is 13.7. The minimum atomic E-state index is -4.21. The molecule has 1 aromatic heterocycles. The molecule has 0 saturated carbocycles. The van der Waals surface area contributed by atoms with Crippen LogP contribution in [0.1, 0.15) is 16.1 Å². The third kappa shape index (κ3) is 5.37. The number of halogens is 4. The summed E-state index contributed by atoms with van der Waals surface area (Å²) in [4.78, 5) is 4.51. The fourth-order valence-corrected chi connectivity index (χ4v) is 3.43. The molecule has 0 amide bonds. The first-order chi connectivity index (χ1) is 14.7. The van der Waals surface area contributed by atoms with Crippen LogP contribution in [-0.2, 0) is 0 Å². The summed E-state index contributed by atoms with van der Waals surface area (Å²) < 4.78 is 44.4. The summed E-state index contributed by atoms with van der Waals surface area (Å²) in [6.07, 6.45) is -2.88. The van der Waals surface area contributed by atoms with Crippen molar-refractivity contribution < 1.29 is 17.9 Å². The second-order valence-corrected chi connectivity index (χ2v) is 7.85. The van der Waals surface area contributed by atoms with E-state index in [1.165, 1.54) is 41.3 Å². The topological polar surface area (TPSA) is 57.9 Å². The molecule has 0 fully saturated rings. The second-order valence-electron chi connectivity index (χ2n) is 6.61. The summed E-state index contributed by atoms with van der Waals surface area (Å²) in [5.41, 5.74) is 1.25. The third-order valence-corrected chi connectivity index (χ3v) is 5.55. The van der Waals surface area contributed by atoms with E-state index in [0.717, 1.165) is 16.8 Å². The molecule has 0 unspecified atom stereocenters. The van der Waals surface area contributed by atoms with Gasteiger partial charge in [0.15, 0.2) is 0 Å². The average Bonchev–Trinajstić information content (AvgIpc) is 3.21. The van der Waals surface area contributed by atoms with Gasteiger partial charge in [-0.25, -0.2) is 9.37 Å². The quantitative estimate of drug-likeness (QED) is 0.305. The number of thiazole rings is 1.